The van der Waals surface area contributed by atoms with Gasteiger partial charge in [0.15, 0.2) is 11.6 Å². The van der Waals surface area contributed by atoms with Gasteiger partial charge < -0.3 is 4.90 Å². The van der Waals surface area contributed by atoms with Crippen LogP contribution in [0.15, 0.2) is 76.2 Å². The quantitative estimate of drug-likeness (QED) is 0.170. The molecule has 0 unspecified atom stereocenters. The van der Waals surface area contributed by atoms with Crippen molar-refractivity contribution in [1.82, 2.24) is 50.6 Å². The molecular weight excluding hydrogens is 648 g/mol. The Morgan fingerprint density at radius 1 is 0.733 bits per heavy atom. The molecule has 228 valence electrons. The van der Waals surface area contributed by atoms with E-state index >= 15 is 0 Å². The molecule has 4 heterocycles. The highest BCUT2D eigenvalue weighted by Crippen LogP contribution is 2.15. The molecule has 7 rings (SSSR count). The monoisotopic (exact) mass is 672 g/mol. The number of rotatable bonds is 8. The van der Waals surface area contributed by atoms with Gasteiger partial charge >= 0.3 is 0 Å². The molecule has 1 aliphatic heterocycles. The van der Waals surface area contributed by atoms with Gasteiger partial charge in [-0.25, -0.2) is 13.9 Å². The number of ketones is 2. The Bertz CT molecular complexity index is 1930. The molecule has 3 aromatic carbocycles. The van der Waals surface area contributed by atoms with E-state index in [1.165, 1.54) is 6.33 Å². The third-order valence-electron chi connectivity index (χ3n) is 7.27. The number of nitrogens with zero attached hydrogens (tertiary/aromatic N) is 10. The van der Waals surface area contributed by atoms with Crippen LogP contribution in [0.25, 0.3) is 27.8 Å². The van der Waals surface area contributed by atoms with Crippen LogP contribution < -0.4 is 0 Å². The fourth-order valence-electron chi connectivity index (χ4n) is 4.77. The fourth-order valence-corrected chi connectivity index (χ4v) is 5.09. The zero-order valence-electron chi connectivity index (χ0n) is 23.7. The summed E-state index contributed by atoms with van der Waals surface area (Å²) < 4.78 is 10.8. The van der Waals surface area contributed by atoms with Crippen LogP contribution in [0.5, 0.6) is 0 Å². The predicted octanol–water partition coefficient (Wildman–Crippen LogP) is 2.57. The minimum Gasteiger partial charge on any atom is -0.340 e. The summed E-state index contributed by atoms with van der Waals surface area (Å²) in [6.07, 6.45) is 1.86. The van der Waals surface area contributed by atoms with E-state index in [0.29, 0.717) is 77.7 Å². The first-order chi connectivity index (χ1) is 22.0. The summed E-state index contributed by atoms with van der Waals surface area (Å²) in [5.74, 6) is 0.109. The van der Waals surface area contributed by atoms with Gasteiger partial charge in [-0.05, 0) is 85.1 Å². The van der Waals surface area contributed by atoms with Gasteiger partial charge in [0.25, 0.3) is 0 Å². The van der Waals surface area contributed by atoms with Crippen LogP contribution in [0.1, 0.15) is 26.3 Å². The van der Waals surface area contributed by atoms with Crippen LogP contribution in [0.2, 0.25) is 0 Å². The molecule has 15 nitrogen and oxygen atoms in total. The lowest BCUT2D eigenvalue weighted by Crippen LogP contribution is -2.50. The van der Waals surface area contributed by atoms with Crippen molar-refractivity contribution in [2.45, 2.75) is 6.42 Å². The topological polar surface area (TPSA) is 179 Å². The molecule has 0 aliphatic carbocycles. The van der Waals surface area contributed by atoms with Crippen molar-refractivity contribution in [1.29, 1.82) is 0 Å². The van der Waals surface area contributed by atoms with Crippen molar-refractivity contribution < 1.29 is 23.6 Å². The second-order valence-corrected chi connectivity index (χ2v) is 10.7. The number of hydrogen-bond acceptors (Lipinski definition) is 13. The van der Waals surface area contributed by atoms with Crippen molar-refractivity contribution in [2.24, 2.45) is 0 Å². The number of tetrazole rings is 1. The Balaban J connectivity index is 0.000000229. The van der Waals surface area contributed by atoms with E-state index < -0.39 is 0 Å². The summed E-state index contributed by atoms with van der Waals surface area (Å²) in [6.45, 7) is 2.81. The van der Waals surface area contributed by atoms with Crippen molar-refractivity contribution in [3.8, 4) is 5.69 Å². The number of benzene rings is 3. The maximum absolute atomic E-state index is 12.7. The number of alkyl halides is 1. The van der Waals surface area contributed by atoms with Crippen LogP contribution in [-0.2, 0) is 11.2 Å². The molecule has 0 spiro atoms. The van der Waals surface area contributed by atoms with Crippen LogP contribution >= 0.6 is 15.9 Å². The number of carbonyl (C=O) groups is 3. The van der Waals surface area contributed by atoms with Gasteiger partial charge in [0.05, 0.1) is 24.0 Å². The number of amides is 1. The molecule has 1 saturated heterocycles. The van der Waals surface area contributed by atoms with Gasteiger partial charge in [0, 0.05) is 37.3 Å². The fraction of sp³-hybridized carbons (Fsp3) is 0.241. The Morgan fingerprint density at radius 3 is 1.91 bits per heavy atom. The maximum atomic E-state index is 12.7. The summed E-state index contributed by atoms with van der Waals surface area (Å²) >= 11 is 3.10. The summed E-state index contributed by atoms with van der Waals surface area (Å²) in [7, 11) is 0. The highest BCUT2D eigenvalue weighted by molar-refractivity contribution is 9.09. The first-order valence-corrected chi connectivity index (χ1v) is 15.0. The molecule has 0 bridgehead atoms. The van der Waals surface area contributed by atoms with E-state index in [0.717, 1.165) is 11.3 Å². The number of carbonyl (C=O) groups excluding carboxylic acids is 3. The van der Waals surface area contributed by atoms with Gasteiger partial charge in [-0.1, -0.05) is 28.1 Å². The molecule has 0 radical (unpaired) electrons. The molecule has 3 aromatic heterocycles. The van der Waals surface area contributed by atoms with Crippen LogP contribution in [0.4, 0.5) is 0 Å². The van der Waals surface area contributed by atoms with E-state index in [-0.39, 0.29) is 17.5 Å². The van der Waals surface area contributed by atoms with Crippen molar-refractivity contribution in [3.05, 3.63) is 83.7 Å². The van der Waals surface area contributed by atoms with E-state index in [4.69, 9.17) is 0 Å². The Morgan fingerprint density at radius 2 is 1.33 bits per heavy atom. The highest BCUT2D eigenvalue weighted by atomic mass is 79.9. The standard InChI is InChI=1S/C21H20N8O3.C8H5BrN2O2/c30-20(16-3-6-18-19(12-16)24-32-23-18)13-27-7-9-28(10-8-27)21(31)11-15-1-4-17(5-2-15)29-14-22-25-26-29;9-4-8(12)5-1-2-6-7(3-5)11-13-10-6/h1-6,12,14H,7-11,13H2;1-3H,4H2. The molecule has 0 saturated carbocycles. The average Bonchev–Trinajstić information content (AvgIpc) is 3.87. The zero-order valence-corrected chi connectivity index (χ0v) is 25.3. The van der Waals surface area contributed by atoms with Crippen LogP contribution in [0, 0.1) is 0 Å². The first-order valence-electron chi connectivity index (χ1n) is 13.9. The molecule has 0 N–H and O–H groups in total. The molecule has 45 heavy (non-hydrogen) atoms. The van der Waals surface area contributed by atoms with Gasteiger partial charge in [-0.15, -0.1) is 5.10 Å². The smallest absolute Gasteiger partial charge is 0.227 e. The molecule has 6 aromatic rings. The normalized spacial score (nSPS) is 13.5. The molecule has 1 aliphatic rings. The Kier molecular flexibility index (Phi) is 9.02. The van der Waals surface area contributed by atoms with E-state index in [9.17, 15) is 14.4 Å². The second-order valence-electron chi connectivity index (χ2n) is 10.2. The van der Waals surface area contributed by atoms with Gasteiger partial charge in [-0.2, -0.15) is 0 Å². The SMILES string of the molecule is O=C(CBr)c1ccc2nonc2c1.O=C(CN1CCN(C(=O)Cc2ccc(-n3cnnn3)cc2)CC1)c1ccc2nonc2c1. The number of fused-ring (bicyclic) bond motifs is 2. The molecule has 16 heteroatoms. The average molecular weight is 673 g/mol. The third kappa shape index (κ3) is 7.13. The van der Waals surface area contributed by atoms with Crippen molar-refractivity contribution in [3.63, 3.8) is 0 Å². The lowest BCUT2D eigenvalue weighted by atomic mass is 10.1. The van der Waals surface area contributed by atoms with Crippen molar-refractivity contribution in [2.75, 3.05) is 38.1 Å². The van der Waals surface area contributed by atoms with E-state index in [1.807, 2.05) is 29.2 Å². The molecule has 0 atom stereocenters. The van der Waals surface area contributed by atoms with Gasteiger partial charge in [-0.3, -0.25) is 19.3 Å². The Labute approximate surface area is 263 Å². The van der Waals surface area contributed by atoms with Crippen molar-refractivity contribution >= 4 is 55.5 Å². The highest BCUT2D eigenvalue weighted by Gasteiger charge is 2.23. The summed E-state index contributed by atoms with van der Waals surface area (Å²) in [6, 6.07) is 17.8. The van der Waals surface area contributed by atoms with E-state index in [1.54, 1.807) is 41.1 Å². The summed E-state index contributed by atoms with van der Waals surface area (Å²) in [5, 5.41) is 26.2. The number of aromatic nitrogens is 8. The predicted molar refractivity (Wildman–Crippen MR) is 162 cm³/mol. The summed E-state index contributed by atoms with van der Waals surface area (Å²) in [5.41, 5.74) is 5.41. The first kappa shape index (κ1) is 29.8. The number of Topliss-reactive ketones (excluding diaryl/α,β-unsaturated/α-hetero) is 2. The number of piperazine rings is 1. The second kappa shape index (κ2) is 13.6. The Hall–Kier alpha value is -5.22. The largest absolute Gasteiger partial charge is 0.340 e. The molecule has 1 amide bonds. The van der Waals surface area contributed by atoms with Gasteiger partial charge in [0.2, 0.25) is 5.91 Å². The van der Waals surface area contributed by atoms with Crippen LogP contribution in [0.3, 0.4) is 0 Å². The zero-order chi connectivity index (χ0) is 31.2. The molecule has 1 fully saturated rings. The third-order valence-corrected chi connectivity index (χ3v) is 7.78. The molecular formula is C29H25BrN10O5. The maximum Gasteiger partial charge on any atom is 0.227 e. The number of hydrogen-bond donors (Lipinski definition) is 0. The minimum atomic E-state index is 0.0114. The lowest BCUT2D eigenvalue weighted by Gasteiger charge is -2.34. The lowest BCUT2D eigenvalue weighted by molar-refractivity contribution is -0.132. The minimum absolute atomic E-state index is 0.0114. The van der Waals surface area contributed by atoms with Gasteiger partial charge in [0.1, 0.15) is 28.4 Å². The number of halogens is 1. The summed E-state index contributed by atoms with van der Waals surface area (Å²) in [4.78, 5) is 40.5. The van der Waals surface area contributed by atoms with Crippen LogP contribution in [-0.4, -0.2) is 106 Å². The van der Waals surface area contributed by atoms with E-state index in [2.05, 4.69) is 66.2 Å².